The molecule has 8 aromatic rings. The van der Waals surface area contributed by atoms with Crippen molar-refractivity contribution in [2.45, 2.75) is 88.9 Å². The van der Waals surface area contributed by atoms with E-state index in [1.165, 1.54) is 48.9 Å². The number of furan rings is 1. The average molecular weight is 989 g/mol. The van der Waals surface area contributed by atoms with Gasteiger partial charge in [0.2, 0.25) is 0 Å². The predicted molar refractivity (Wildman–Crippen MR) is 238 cm³/mol. The van der Waals surface area contributed by atoms with Crippen LogP contribution < -0.4 is 4.40 Å². The standard InChI is InChI=1S/C31H27N2O.C20H26GeN.Ir/c1-19(2)22-11-9-12-23(20(3)4)30(22)33-27-14-7-6-13-26(27)32-31(33)21-16-17-29-25(18-21)24-10-5-8-15-28(24)34-29;1-21(2,3)19-15-22-20(17-11-5-4-6-12-17)14-18(19)13-16-9-7-8-10-16;/h5-15,17-20H,1-4H3;4-6,11,14-16H,7-10,13H2,1-3H3;/q2*-1;. The van der Waals surface area contributed by atoms with Crippen molar-refractivity contribution < 1.29 is 24.5 Å². The SMILES string of the molecule is CC(C)c1cccc(C(C)C)c1-n1c(-c2[c-]cc3oc4ccccc4c3c2)nc2ccccc21.[CH3][Ge]([CH3])([CH3])[c]1cnc(-c2[c-]cccc2)cc1CC1CCCC1.[Ir]. The van der Waals surface area contributed by atoms with E-state index < -0.39 is 13.3 Å². The van der Waals surface area contributed by atoms with Crippen LogP contribution in [0.2, 0.25) is 17.3 Å². The van der Waals surface area contributed by atoms with Crippen LogP contribution in [0.15, 0.2) is 120 Å². The largest absolute Gasteiger partial charge is 0 e. The molecule has 3 aromatic heterocycles. The first-order valence-electron chi connectivity index (χ1n) is 20.5. The Kier molecular flexibility index (Phi) is 12.4. The van der Waals surface area contributed by atoms with Gasteiger partial charge in [-0.1, -0.05) is 81.6 Å². The Labute approximate surface area is 354 Å². The molecular weight excluding hydrogens is 935 g/mol. The molecule has 1 aliphatic rings. The Morgan fingerprint density at radius 2 is 1.46 bits per heavy atom. The molecule has 57 heavy (non-hydrogen) atoms. The number of para-hydroxylation sites is 4. The van der Waals surface area contributed by atoms with Gasteiger partial charge in [0.1, 0.15) is 5.58 Å². The van der Waals surface area contributed by atoms with Crippen molar-refractivity contribution in [2.24, 2.45) is 5.92 Å². The van der Waals surface area contributed by atoms with Gasteiger partial charge in [0, 0.05) is 31.2 Å². The summed E-state index contributed by atoms with van der Waals surface area (Å²) in [4.78, 5) is 9.90. The number of nitrogens with zero attached hydrogens (tertiary/aromatic N) is 3. The van der Waals surface area contributed by atoms with Gasteiger partial charge in [-0.05, 0) is 41.2 Å². The summed E-state index contributed by atoms with van der Waals surface area (Å²) in [5.74, 6) is 9.98. The Morgan fingerprint density at radius 1 is 0.754 bits per heavy atom. The van der Waals surface area contributed by atoms with Crippen molar-refractivity contribution in [3.05, 3.63) is 144 Å². The number of imidazole rings is 1. The topological polar surface area (TPSA) is 43.9 Å². The molecule has 1 radical (unpaired) electrons. The molecule has 1 saturated carbocycles. The van der Waals surface area contributed by atoms with E-state index in [2.05, 4.69) is 147 Å². The Balaban J connectivity index is 0.000000188. The first kappa shape index (κ1) is 40.9. The normalized spacial score (nSPS) is 13.4. The second-order valence-corrected chi connectivity index (χ2v) is 27.8. The number of aromatic nitrogens is 3. The molecule has 0 atom stereocenters. The zero-order chi connectivity index (χ0) is 39.0. The van der Waals surface area contributed by atoms with Crippen molar-refractivity contribution in [2.75, 3.05) is 0 Å². The molecule has 293 valence electrons. The molecule has 1 fully saturated rings. The van der Waals surface area contributed by atoms with Crippen LogP contribution >= 0.6 is 0 Å². The minimum absolute atomic E-state index is 0. The van der Waals surface area contributed by atoms with E-state index in [-0.39, 0.29) is 20.1 Å². The number of hydrogen-bond donors (Lipinski definition) is 0. The molecule has 0 N–H and O–H groups in total. The van der Waals surface area contributed by atoms with Crippen LogP contribution in [0.3, 0.4) is 0 Å². The van der Waals surface area contributed by atoms with Gasteiger partial charge in [-0.3, -0.25) is 4.98 Å². The van der Waals surface area contributed by atoms with Crippen molar-refractivity contribution in [1.82, 2.24) is 14.5 Å². The van der Waals surface area contributed by atoms with Crippen LogP contribution in [0.5, 0.6) is 0 Å². The Morgan fingerprint density at radius 3 is 2.16 bits per heavy atom. The Bertz CT molecular complexity index is 2600. The van der Waals surface area contributed by atoms with Gasteiger partial charge in [-0.2, -0.15) is 0 Å². The van der Waals surface area contributed by atoms with E-state index in [1.807, 2.05) is 30.3 Å². The van der Waals surface area contributed by atoms with E-state index in [9.17, 15) is 0 Å². The van der Waals surface area contributed by atoms with E-state index in [1.54, 1.807) is 9.96 Å². The second-order valence-electron chi connectivity index (χ2n) is 17.2. The van der Waals surface area contributed by atoms with Crippen LogP contribution in [0.1, 0.15) is 81.9 Å². The zero-order valence-electron chi connectivity index (χ0n) is 34.3. The summed E-state index contributed by atoms with van der Waals surface area (Å²) in [7, 11) is 0. The van der Waals surface area contributed by atoms with Gasteiger partial charge < -0.3 is 8.98 Å². The molecule has 0 saturated heterocycles. The van der Waals surface area contributed by atoms with Crippen LogP contribution in [0.4, 0.5) is 0 Å². The molecule has 0 amide bonds. The fourth-order valence-electron chi connectivity index (χ4n) is 8.57. The maximum atomic E-state index is 6.06. The van der Waals surface area contributed by atoms with Crippen LogP contribution in [-0.2, 0) is 26.5 Å². The Hall–Kier alpha value is -4.29. The fraction of sp³-hybridized carbons (Fsp3) is 0.294. The maximum absolute atomic E-state index is 6.06. The third-order valence-electron chi connectivity index (χ3n) is 11.4. The minimum atomic E-state index is -1.87. The van der Waals surface area contributed by atoms with Crippen molar-refractivity contribution >= 4 is 50.6 Å². The smallest absolute Gasteiger partial charge is 0 e. The van der Waals surface area contributed by atoms with Gasteiger partial charge in [0.05, 0.1) is 22.4 Å². The van der Waals surface area contributed by atoms with Crippen LogP contribution in [0, 0.1) is 18.1 Å². The van der Waals surface area contributed by atoms with Gasteiger partial charge in [0.15, 0.2) is 0 Å². The van der Waals surface area contributed by atoms with Crippen molar-refractivity contribution in [3.8, 4) is 28.3 Å². The number of fused-ring (bicyclic) bond motifs is 4. The minimum Gasteiger partial charge on any atom is 0 e. The van der Waals surface area contributed by atoms with E-state index >= 15 is 0 Å². The van der Waals surface area contributed by atoms with Gasteiger partial charge >= 0.3 is 137 Å². The molecule has 3 heterocycles. The third kappa shape index (κ3) is 8.49. The first-order chi connectivity index (χ1) is 27.1. The van der Waals surface area contributed by atoms with Gasteiger partial charge in [-0.25, -0.2) is 0 Å². The molecular formula is C51H53GeIrN3O-2. The summed E-state index contributed by atoms with van der Waals surface area (Å²) in [6, 6.07) is 44.7. The van der Waals surface area contributed by atoms with E-state index in [0.717, 1.165) is 61.5 Å². The van der Waals surface area contributed by atoms with Crippen LogP contribution in [-0.4, -0.2) is 27.8 Å². The molecule has 0 aliphatic heterocycles. The van der Waals surface area contributed by atoms with Crippen LogP contribution in [0.25, 0.3) is 61.3 Å². The average Bonchev–Trinajstić information content (AvgIpc) is 3.95. The fourth-order valence-corrected chi connectivity index (χ4v) is 11.9. The second kappa shape index (κ2) is 17.3. The zero-order valence-corrected chi connectivity index (χ0v) is 38.8. The maximum Gasteiger partial charge on any atom is 0 e. The summed E-state index contributed by atoms with van der Waals surface area (Å²) < 4.78 is 10.00. The summed E-state index contributed by atoms with van der Waals surface area (Å²) >= 11 is -1.87. The summed E-state index contributed by atoms with van der Waals surface area (Å²) in [6.07, 6.45) is 9.08. The first-order valence-corrected chi connectivity index (χ1v) is 27.8. The molecule has 9 rings (SSSR count). The summed E-state index contributed by atoms with van der Waals surface area (Å²) in [5.41, 5.74) is 12.5. The quantitative estimate of drug-likeness (QED) is 0.113. The van der Waals surface area contributed by atoms with E-state index in [0.29, 0.717) is 11.8 Å². The molecule has 6 heteroatoms. The molecule has 4 nitrogen and oxygen atoms in total. The molecule has 0 bridgehead atoms. The molecule has 0 spiro atoms. The number of benzene rings is 5. The molecule has 0 unspecified atom stereocenters. The van der Waals surface area contributed by atoms with Gasteiger partial charge in [0.25, 0.3) is 0 Å². The number of rotatable bonds is 8. The monoisotopic (exact) mass is 990 g/mol. The number of pyridine rings is 1. The summed E-state index contributed by atoms with van der Waals surface area (Å²) in [5, 5.41) is 2.20. The summed E-state index contributed by atoms with van der Waals surface area (Å²) in [6.45, 7) is 9.05. The van der Waals surface area contributed by atoms with Crippen molar-refractivity contribution in [1.29, 1.82) is 0 Å². The molecule has 1 aliphatic carbocycles. The van der Waals surface area contributed by atoms with Crippen molar-refractivity contribution in [3.63, 3.8) is 0 Å². The third-order valence-corrected chi connectivity index (χ3v) is 15.8. The number of hydrogen-bond acceptors (Lipinski definition) is 3. The predicted octanol–water partition coefficient (Wildman–Crippen LogP) is 13.5. The van der Waals surface area contributed by atoms with E-state index in [4.69, 9.17) is 14.4 Å². The molecule has 5 aromatic carbocycles. The van der Waals surface area contributed by atoms with Gasteiger partial charge in [-0.15, -0.1) is 23.8 Å².